The number of halogens is 2. The lowest BCUT2D eigenvalue weighted by Crippen LogP contribution is -2.32. The van der Waals surface area contributed by atoms with Crippen molar-refractivity contribution in [2.75, 3.05) is 20.1 Å². The predicted octanol–water partition coefficient (Wildman–Crippen LogP) is 3.60. The van der Waals surface area contributed by atoms with Crippen LogP contribution in [0.3, 0.4) is 0 Å². The first-order valence-corrected chi connectivity index (χ1v) is 9.01. The molecule has 1 amide bonds. The van der Waals surface area contributed by atoms with Crippen LogP contribution in [-0.4, -0.2) is 42.0 Å². The molecule has 2 aromatic carbocycles. The molecule has 2 N–H and O–H groups in total. The number of carbonyl (C=O) groups excluding carboxylic acids is 1. The number of benzene rings is 2. The molecule has 5 nitrogen and oxygen atoms in total. The molecule has 2 atom stereocenters. The molecule has 2 aromatic rings. The molecule has 0 aromatic heterocycles. The van der Waals surface area contributed by atoms with E-state index in [1.54, 1.807) is 18.2 Å². The van der Waals surface area contributed by atoms with Gasteiger partial charge in [0.1, 0.15) is 5.82 Å². The number of rotatable bonds is 5. The van der Waals surface area contributed by atoms with Crippen molar-refractivity contribution < 1.29 is 19.1 Å². The van der Waals surface area contributed by atoms with Crippen molar-refractivity contribution in [2.45, 2.75) is 12.5 Å². The van der Waals surface area contributed by atoms with E-state index in [9.17, 15) is 14.0 Å². The molecule has 1 aliphatic rings. The molecule has 142 valence electrons. The molecule has 7 heteroatoms. The van der Waals surface area contributed by atoms with Crippen LogP contribution in [-0.2, 0) is 0 Å². The molecule has 3 rings (SSSR count). The van der Waals surface area contributed by atoms with Crippen molar-refractivity contribution in [3.8, 4) is 0 Å². The van der Waals surface area contributed by atoms with E-state index in [0.717, 1.165) is 18.5 Å². The van der Waals surface area contributed by atoms with Gasteiger partial charge in [0, 0.05) is 18.2 Å². The number of hydrogen-bond acceptors (Lipinski definition) is 3. The number of nitrogens with one attached hydrogen (secondary N) is 1. The molecule has 0 bridgehead atoms. The average Bonchev–Trinajstić information content (AvgIpc) is 3.02. The van der Waals surface area contributed by atoms with Gasteiger partial charge in [0.15, 0.2) is 0 Å². The Labute approximate surface area is 161 Å². The molecule has 1 heterocycles. The first-order chi connectivity index (χ1) is 12.9. The van der Waals surface area contributed by atoms with Gasteiger partial charge in [-0.1, -0.05) is 23.7 Å². The Balaban J connectivity index is 1.70. The summed E-state index contributed by atoms with van der Waals surface area (Å²) < 4.78 is 13.9. The van der Waals surface area contributed by atoms with E-state index in [1.165, 1.54) is 18.2 Å². The van der Waals surface area contributed by atoms with E-state index in [4.69, 9.17) is 16.7 Å². The Morgan fingerprint density at radius 3 is 2.70 bits per heavy atom. The van der Waals surface area contributed by atoms with Crippen LogP contribution in [0.5, 0.6) is 0 Å². The van der Waals surface area contributed by atoms with Crippen molar-refractivity contribution in [2.24, 2.45) is 5.92 Å². The lowest BCUT2D eigenvalue weighted by Gasteiger charge is -2.26. The minimum absolute atomic E-state index is 0.0255. The quantitative estimate of drug-likeness (QED) is 0.818. The fourth-order valence-corrected chi connectivity index (χ4v) is 3.70. The largest absolute Gasteiger partial charge is 0.478 e. The van der Waals surface area contributed by atoms with E-state index in [0.29, 0.717) is 12.1 Å². The lowest BCUT2D eigenvalue weighted by atomic mass is 9.93. The van der Waals surface area contributed by atoms with E-state index in [2.05, 4.69) is 10.2 Å². The zero-order valence-corrected chi connectivity index (χ0v) is 15.5. The Hall–Kier alpha value is -2.44. The lowest BCUT2D eigenvalue weighted by molar-refractivity contribution is 0.0697. The second kappa shape index (κ2) is 8.06. The highest BCUT2D eigenvalue weighted by Gasteiger charge is 2.33. The minimum atomic E-state index is -1.08. The van der Waals surface area contributed by atoms with Crippen molar-refractivity contribution in [3.63, 3.8) is 0 Å². The van der Waals surface area contributed by atoms with E-state index >= 15 is 0 Å². The zero-order chi connectivity index (χ0) is 19.6. The monoisotopic (exact) mass is 390 g/mol. The maximum Gasteiger partial charge on any atom is 0.335 e. The SMILES string of the molecule is CN1CCC(CNC(=O)c2cccc(C(=O)O)c2)C1c1ccc(Cl)c(F)c1. The van der Waals surface area contributed by atoms with Gasteiger partial charge in [-0.15, -0.1) is 0 Å². The molecule has 0 saturated carbocycles. The summed E-state index contributed by atoms with van der Waals surface area (Å²) in [5.41, 5.74) is 1.19. The van der Waals surface area contributed by atoms with Gasteiger partial charge < -0.3 is 10.4 Å². The van der Waals surface area contributed by atoms with Crippen LogP contribution < -0.4 is 5.32 Å². The molecule has 1 fully saturated rings. The number of hydrogen-bond donors (Lipinski definition) is 2. The number of carboxylic acid groups (broad SMARTS) is 1. The number of amides is 1. The van der Waals surface area contributed by atoms with Gasteiger partial charge in [-0.25, -0.2) is 9.18 Å². The molecule has 0 aliphatic carbocycles. The third kappa shape index (κ3) is 4.28. The maximum absolute atomic E-state index is 13.9. The first kappa shape index (κ1) is 19.3. The molecule has 0 spiro atoms. The number of likely N-dealkylation sites (tertiary alicyclic amines) is 1. The van der Waals surface area contributed by atoms with Gasteiger partial charge in [-0.05, 0) is 61.8 Å². The van der Waals surface area contributed by atoms with E-state index < -0.39 is 11.8 Å². The molecule has 0 radical (unpaired) electrons. The van der Waals surface area contributed by atoms with Gasteiger partial charge in [-0.2, -0.15) is 0 Å². The summed E-state index contributed by atoms with van der Waals surface area (Å²) in [4.78, 5) is 25.6. The van der Waals surface area contributed by atoms with Crippen LogP contribution in [0.15, 0.2) is 42.5 Å². The Morgan fingerprint density at radius 2 is 2.00 bits per heavy atom. The third-order valence-corrected chi connectivity index (χ3v) is 5.26. The van der Waals surface area contributed by atoms with Gasteiger partial charge >= 0.3 is 5.97 Å². The summed E-state index contributed by atoms with van der Waals surface area (Å²) in [6.07, 6.45) is 0.862. The highest BCUT2D eigenvalue weighted by molar-refractivity contribution is 6.30. The second-order valence-corrected chi connectivity index (χ2v) is 7.15. The van der Waals surface area contributed by atoms with Crippen LogP contribution in [0.4, 0.5) is 4.39 Å². The third-order valence-electron chi connectivity index (χ3n) is 4.96. The van der Waals surface area contributed by atoms with Crippen LogP contribution in [0, 0.1) is 11.7 Å². The van der Waals surface area contributed by atoms with Gasteiger partial charge in [0.2, 0.25) is 0 Å². The van der Waals surface area contributed by atoms with Crippen LogP contribution in [0.1, 0.15) is 38.7 Å². The van der Waals surface area contributed by atoms with Crippen molar-refractivity contribution in [3.05, 3.63) is 70.0 Å². The van der Waals surface area contributed by atoms with Gasteiger partial charge in [0.05, 0.1) is 10.6 Å². The van der Waals surface area contributed by atoms with Gasteiger partial charge in [-0.3, -0.25) is 9.69 Å². The van der Waals surface area contributed by atoms with Gasteiger partial charge in [0.25, 0.3) is 5.91 Å². The molecular formula is C20H20ClFN2O3. The van der Waals surface area contributed by atoms with Crippen LogP contribution in [0.25, 0.3) is 0 Å². The second-order valence-electron chi connectivity index (χ2n) is 6.74. The predicted molar refractivity (Wildman–Crippen MR) is 101 cm³/mol. The number of aromatic carboxylic acids is 1. The number of nitrogens with zero attached hydrogens (tertiary/aromatic N) is 1. The topological polar surface area (TPSA) is 69.6 Å². The molecule has 27 heavy (non-hydrogen) atoms. The molecule has 1 aliphatic heterocycles. The number of carbonyl (C=O) groups is 2. The van der Waals surface area contributed by atoms with Crippen LogP contribution in [0.2, 0.25) is 5.02 Å². The first-order valence-electron chi connectivity index (χ1n) is 8.63. The van der Waals surface area contributed by atoms with Crippen molar-refractivity contribution in [1.82, 2.24) is 10.2 Å². The standard InChI is InChI=1S/C20H20ClFN2O3/c1-24-8-7-15(18(24)12-5-6-16(21)17(22)10-12)11-23-19(25)13-3-2-4-14(9-13)20(26)27/h2-6,9-10,15,18H,7-8,11H2,1H3,(H,23,25)(H,26,27). The maximum atomic E-state index is 13.9. The summed E-state index contributed by atoms with van der Waals surface area (Å²) in [7, 11) is 1.97. The summed E-state index contributed by atoms with van der Waals surface area (Å²) in [5.74, 6) is -1.74. The van der Waals surface area contributed by atoms with E-state index in [1.807, 2.05) is 13.1 Å². The smallest absolute Gasteiger partial charge is 0.335 e. The Kier molecular flexibility index (Phi) is 5.77. The van der Waals surface area contributed by atoms with Crippen molar-refractivity contribution in [1.29, 1.82) is 0 Å². The summed E-state index contributed by atoms with van der Waals surface area (Å²) in [5, 5.41) is 12.0. The normalized spacial score (nSPS) is 19.8. The summed E-state index contributed by atoms with van der Waals surface area (Å²) in [6, 6.07) is 10.7. The number of carboxylic acids is 1. The summed E-state index contributed by atoms with van der Waals surface area (Å²) >= 11 is 5.78. The fourth-order valence-electron chi connectivity index (χ4n) is 3.58. The van der Waals surface area contributed by atoms with E-state index in [-0.39, 0.29) is 28.5 Å². The fraction of sp³-hybridized carbons (Fsp3) is 0.300. The average molecular weight is 391 g/mol. The minimum Gasteiger partial charge on any atom is -0.478 e. The Bertz CT molecular complexity index is 874. The Morgan fingerprint density at radius 1 is 1.26 bits per heavy atom. The molecule has 2 unspecified atom stereocenters. The highest BCUT2D eigenvalue weighted by atomic mass is 35.5. The molecular weight excluding hydrogens is 371 g/mol. The van der Waals surface area contributed by atoms with Crippen LogP contribution >= 0.6 is 11.6 Å². The zero-order valence-electron chi connectivity index (χ0n) is 14.8. The molecule has 1 saturated heterocycles. The highest BCUT2D eigenvalue weighted by Crippen LogP contribution is 2.36. The van der Waals surface area contributed by atoms with Crippen molar-refractivity contribution >= 4 is 23.5 Å². The summed E-state index contributed by atoms with van der Waals surface area (Å²) in [6.45, 7) is 1.25.